The summed E-state index contributed by atoms with van der Waals surface area (Å²) in [4.78, 5) is 13.0. The molecule has 0 saturated heterocycles. The molecule has 0 spiro atoms. The number of methoxy groups -OCH3 is 1. The first kappa shape index (κ1) is 19.1. The van der Waals surface area contributed by atoms with E-state index in [1.165, 1.54) is 0 Å². The van der Waals surface area contributed by atoms with Crippen LogP contribution in [0.1, 0.15) is 42.2 Å². The summed E-state index contributed by atoms with van der Waals surface area (Å²) in [5, 5.41) is 3.18. The number of carbonyl (C=O) groups is 1. The first-order chi connectivity index (χ1) is 13.9. The van der Waals surface area contributed by atoms with E-state index in [4.69, 9.17) is 9.47 Å². The van der Waals surface area contributed by atoms with Crippen LogP contribution in [0.2, 0.25) is 0 Å². The predicted octanol–water partition coefficient (Wildman–Crippen LogP) is 5.39. The van der Waals surface area contributed by atoms with Gasteiger partial charge in [-0.05, 0) is 55.3 Å². The Morgan fingerprint density at radius 1 is 1.00 bits per heavy atom. The molecule has 0 radical (unpaired) electrons. The fraction of sp³-hybridized carbons (Fsp3) is 0.240. The van der Waals surface area contributed by atoms with Crippen LogP contribution >= 0.6 is 0 Å². The van der Waals surface area contributed by atoms with E-state index in [2.05, 4.69) is 17.4 Å². The van der Waals surface area contributed by atoms with Crippen LogP contribution in [0.4, 0.5) is 0 Å². The van der Waals surface area contributed by atoms with Gasteiger partial charge in [0.05, 0.1) is 13.2 Å². The molecule has 0 fully saturated rings. The summed E-state index contributed by atoms with van der Waals surface area (Å²) in [6.07, 6.45) is 0.682. The molecule has 0 bridgehead atoms. The van der Waals surface area contributed by atoms with E-state index in [9.17, 15) is 4.79 Å². The van der Waals surface area contributed by atoms with Gasteiger partial charge in [0, 0.05) is 17.5 Å². The highest BCUT2D eigenvalue weighted by atomic mass is 16.5. The lowest BCUT2D eigenvalue weighted by molar-refractivity contribution is 0.0618. The topological polar surface area (TPSA) is 47.6 Å². The number of fused-ring (bicyclic) bond motifs is 1. The zero-order valence-corrected chi connectivity index (χ0v) is 16.9. The predicted molar refractivity (Wildman–Crippen MR) is 114 cm³/mol. The first-order valence-corrected chi connectivity index (χ1v) is 9.78. The standard InChI is InChI=1S/C25H25NO3/c1-25(2)16-22(21-15-20(28-3)13-14-23(21)29-25)26-24(27)19-11-9-18(10-12-19)17-7-5-4-6-8-17/h4-15,22H,16H2,1-3H3,(H,26,27)/t22-/m0/s1. The molecule has 4 rings (SSSR count). The number of hydrogen-bond acceptors (Lipinski definition) is 3. The van der Waals surface area contributed by atoms with Crippen LogP contribution in [0.3, 0.4) is 0 Å². The average molecular weight is 387 g/mol. The van der Waals surface area contributed by atoms with Crippen LogP contribution in [0, 0.1) is 0 Å². The molecule has 1 aliphatic rings. The fourth-order valence-corrected chi connectivity index (χ4v) is 3.77. The molecular formula is C25H25NO3. The van der Waals surface area contributed by atoms with Gasteiger partial charge < -0.3 is 14.8 Å². The second-order valence-corrected chi connectivity index (χ2v) is 7.94. The number of hydrogen-bond donors (Lipinski definition) is 1. The van der Waals surface area contributed by atoms with Crippen molar-refractivity contribution in [3.63, 3.8) is 0 Å². The lowest BCUT2D eigenvalue weighted by Crippen LogP contribution is -2.41. The van der Waals surface area contributed by atoms with Crippen molar-refractivity contribution in [2.75, 3.05) is 7.11 Å². The van der Waals surface area contributed by atoms with Gasteiger partial charge in [-0.2, -0.15) is 0 Å². The SMILES string of the molecule is COc1ccc2c(c1)[C@@H](NC(=O)c1ccc(-c3ccccc3)cc1)CC(C)(C)O2. The van der Waals surface area contributed by atoms with Crippen LogP contribution < -0.4 is 14.8 Å². The van der Waals surface area contributed by atoms with Gasteiger partial charge in [0.2, 0.25) is 0 Å². The number of carbonyl (C=O) groups excluding carboxylic acids is 1. The van der Waals surface area contributed by atoms with E-state index in [-0.39, 0.29) is 17.6 Å². The monoisotopic (exact) mass is 387 g/mol. The third kappa shape index (κ3) is 4.11. The fourth-order valence-electron chi connectivity index (χ4n) is 3.77. The number of rotatable bonds is 4. The Morgan fingerprint density at radius 2 is 1.69 bits per heavy atom. The summed E-state index contributed by atoms with van der Waals surface area (Å²) in [6, 6.07) is 23.4. The van der Waals surface area contributed by atoms with Crippen molar-refractivity contribution in [3.05, 3.63) is 83.9 Å². The second kappa shape index (κ2) is 7.63. The summed E-state index contributed by atoms with van der Waals surface area (Å²) in [5.74, 6) is 1.44. The number of amides is 1. The zero-order chi connectivity index (χ0) is 20.4. The van der Waals surface area contributed by atoms with E-state index in [0.29, 0.717) is 12.0 Å². The van der Waals surface area contributed by atoms with Gasteiger partial charge in [-0.15, -0.1) is 0 Å². The molecule has 0 aromatic heterocycles. The molecule has 4 nitrogen and oxygen atoms in total. The molecule has 29 heavy (non-hydrogen) atoms. The van der Waals surface area contributed by atoms with Gasteiger partial charge in [-0.1, -0.05) is 42.5 Å². The van der Waals surface area contributed by atoms with E-state index in [1.807, 2.05) is 74.5 Å². The molecule has 1 atom stereocenters. The summed E-state index contributed by atoms with van der Waals surface area (Å²) in [7, 11) is 1.64. The minimum absolute atomic E-state index is 0.0962. The maximum atomic E-state index is 13.0. The highest BCUT2D eigenvalue weighted by Crippen LogP contribution is 2.41. The minimum atomic E-state index is -0.364. The van der Waals surface area contributed by atoms with E-state index in [1.54, 1.807) is 7.11 Å². The van der Waals surface area contributed by atoms with Gasteiger partial charge >= 0.3 is 0 Å². The Balaban J connectivity index is 1.56. The summed E-state index contributed by atoms with van der Waals surface area (Å²) in [5.41, 5.74) is 3.43. The summed E-state index contributed by atoms with van der Waals surface area (Å²) in [6.45, 7) is 4.07. The van der Waals surface area contributed by atoms with Crippen molar-refractivity contribution < 1.29 is 14.3 Å². The molecule has 1 heterocycles. The molecular weight excluding hydrogens is 362 g/mol. The minimum Gasteiger partial charge on any atom is -0.497 e. The number of nitrogens with one attached hydrogen (secondary N) is 1. The Labute approximate surface area is 171 Å². The van der Waals surface area contributed by atoms with Crippen LogP contribution in [0.25, 0.3) is 11.1 Å². The lowest BCUT2D eigenvalue weighted by Gasteiger charge is -2.38. The molecule has 0 unspecified atom stereocenters. The lowest BCUT2D eigenvalue weighted by atomic mass is 9.89. The third-order valence-electron chi connectivity index (χ3n) is 5.23. The highest BCUT2D eigenvalue weighted by Gasteiger charge is 2.35. The zero-order valence-electron chi connectivity index (χ0n) is 16.9. The molecule has 3 aromatic carbocycles. The van der Waals surface area contributed by atoms with E-state index in [0.717, 1.165) is 28.2 Å². The van der Waals surface area contributed by atoms with Crippen molar-refractivity contribution in [3.8, 4) is 22.6 Å². The quantitative estimate of drug-likeness (QED) is 0.652. The molecule has 1 aliphatic heterocycles. The maximum absolute atomic E-state index is 13.0. The molecule has 0 aliphatic carbocycles. The summed E-state index contributed by atoms with van der Waals surface area (Å²) >= 11 is 0. The van der Waals surface area contributed by atoms with Crippen molar-refractivity contribution in [2.24, 2.45) is 0 Å². The molecule has 4 heteroatoms. The van der Waals surface area contributed by atoms with Crippen LogP contribution in [-0.4, -0.2) is 18.6 Å². The van der Waals surface area contributed by atoms with Gasteiger partial charge in [-0.3, -0.25) is 4.79 Å². The van der Waals surface area contributed by atoms with Crippen molar-refractivity contribution in [1.29, 1.82) is 0 Å². The molecule has 1 N–H and O–H groups in total. The molecule has 0 saturated carbocycles. The van der Waals surface area contributed by atoms with E-state index >= 15 is 0 Å². The van der Waals surface area contributed by atoms with Gasteiger partial charge in [0.15, 0.2) is 0 Å². The van der Waals surface area contributed by atoms with Gasteiger partial charge in [0.1, 0.15) is 17.1 Å². The van der Waals surface area contributed by atoms with Crippen molar-refractivity contribution in [2.45, 2.75) is 31.9 Å². The van der Waals surface area contributed by atoms with Gasteiger partial charge in [-0.25, -0.2) is 0 Å². The Hall–Kier alpha value is -3.27. The van der Waals surface area contributed by atoms with Crippen molar-refractivity contribution >= 4 is 5.91 Å². The molecule has 3 aromatic rings. The Bertz CT molecular complexity index is 1010. The smallest absolute Gasteiger partial charge is 0.251 e. The Kier molecular flexibility index (Phi) is 5.01. The second-order valence-electron chi connectivity index (χ2n) is 7.94. The van der Waals surface area contributed by atoms with Crippen LogP contribution in [0.5, 0.6) is 11.5 Å². The van der Waals surface area contributed by atoms with Crippen molar-refractivity contribution in [1.82, 2.24) is 5.32 Å². The number of ether oxygens (including phenoxy) is 2. The van der Waals surface area contributed by atoms with Gasteiger partial charge in [0.25, 0.3) is 5.91 Å². The normalized spacial score (nSPS) is 17.0. The number of benzene rings is 3. The van der Waals surface area contributed by atoms with E-state index < -0.39 is 0 Å². The van der Waals surface area contributed by atoms with Crippen LogP contribution in [0.15, 0.2) is 72.8 Å². The largest absolute Gasteiger partial charge is 0.497 e. The van der Waals surface area contributed by atoms with Crippen LogP contribution in [-0.2, 0) is 0 Å². The summed E-state index contributed by atoms with van der Waals surface area (Å²) < 4.78 is 11.5. The molecule has 148 valence electrons. The maximum Gasteiger partial charge on any atom is 0.251 e. The third-order valence-corrected chi connectivity index (χ3v) is 5.23. The molecule has 1 amide bonds. The Morgan fingerprint density at radius 3 is 2.38 bits per heavy atom. The average Bonchev–Trinajstić information content (AvgIpc) is 2.73. The first-order valence-electron chi connectivity index (χ1n) is 9.78. The highest BCUT2D eigenvalue weighted by molar-refractivity contribution is 5.95.